The number of benzene rings is 1. The van der Waals surface area contributed by atoms with Crippen molar-refractivity contribution in [2.24, 2.45) is 5.73 Å². The molecule has 1 atom stereocenters. The zero-order valence-electron chi connectivity index (χ0n) is 10.9. The molecule has 0 aromatic heterocycles. The summed E-state index contributed by atoms with van der Waals surface area (Å²) in [7, 11) is 1.34. The van der Waals surface area contributed by atoms with Crippen molar-refractivity contribution in [3.05, 3.63) is 28.2 Å². The molecule has 0 aliphatic carbocycles. The van der Waals surface area contributed by atoms with Crippen molar-refractivity contribution in [3.8, 4) is 0 Å². The maximum atomic E-state index is 11.4. The Morgan fingerprint density at radius 3 is 2.79 bits per heavy atom. The van der Waals surface area contributed by atoms with Gasteiger partial charge in [-0.05, 0) is 43.7 Å². The van der Waals surface area contributed by atoms with Gasteiger partial charge in [0.2, 0.25) is 0 Å². The van der Waals surface area contributed by atoms with Crippen molar-refractivity contribution in [2.45, 2.75) is 30.2 Å². The van der Waals surface area contributed by atoms with E-state index in [4.69, 9.17) is 28.9 Å². The minimum atomic E-state index is -0.937. The topological polar surface area (TPSA) is 52.3 Å². The fourth-order valence-corrected chi connectivity index (χ4v) is 2.99. The third-order valence-corrected chi connectivity index (χ3v) is 4.46. The molecular formula is C13H17Cl2NO2S. The van der Waals surface area contributed by atoms with E-state index < -0.39 is 11.5 Å². The third-order valence-electron chi connectivity index (χ3n) is 2.64. The van der Waals surface area contributed by atoms with E-state index in [9.17, 15) is 4.79 Å². The van der Waals surface area contributed by atoms with Gasteiger partial charge >= 0.3 is 5.97 Å². The Morgan fingerprint density at radius 1 is 1.47 bits per heavy atom. The largest absolute Gasteiger partial charge is 0.468 e. The lowest BCUT2D eigenvalue weighted by atomic mass is 9.98. The molecule has 0 saturated heterocycles. The molecule has 0 heterocycles. The molecule has 106 valence electrons. The number of ether oxygens (including phenoxy) is 1. The molecule has 1 aromatic rings. The minimum absolute atomic E-state index is 0.390. The lowest BCUT2D eigenvalue weighted by molar-refractivity contribution is -0.146. The zero-order valence-corrected chi connectivity index (χ0v) is 13.2. The number of halogens is 2. The number of carbonyl (C=O) groups is 1. The van der Waals surface area contributed by atoms with Crippen molar-refractivity contribution < 1.29 is 9.53 Å². The summed E-state index contributed by atoms with van der Waals surface area (Å²) in [6, 6.07) is 5.35. The van der Waals surface area contributed by atoms with Gasteiger partial charge in [-0.25, -0.2) is 0 Å². The molecule has 3 nitrogen and oxygen atoms in total. The molecule has 0 fully saturated rings. The Kier molecular flexibility index (Phi) is 6.47. The van der Waals surface area contributed by atoms with Crippen LogP contribution >= 0.6 is 35.0 Å². The highest BCUT2D eigenvalue weighted by atomic mass is 35.5. The van der Waals surface area contributed by atoms with Crippen molar-refractivity contribution >= 4 is 40.9 Å². The second-order valence-electron chi connectivity index (χ2n) is 4.44. The van der Waals surface area contributed by atoms with Crippen LogP contribution in [0.25, 0.3) is 0 Å². The highest BCUT2D eigenvalue weighted by molar-refractivity contribution is 7.99. The number of rotatable bonds is 6. The summed E-state index contributed by atoms with van der Waals surface area (Å²) in [6.07, 6.45) is 1.35. The lowest BCUT2D eigenvalue weighted by Gasteiger charge is -2.20. The Morgan fingerprint density at radius 2 is 2.16 bits per heavy atom. The number of hydrogen-bond acceptors (Lipinski definition) is 4. The first-order chi connectivity index (χ1) is 8.86. The number of thioether (sulfide) groups is 1. The summed E-state index contributed by atoms with van der Waals surface area (Å²) < 4.78 is 4.66. The van der Waals surface area contributed by atoms with E-state index >= 15 is 0 Å². The van der Waals surface area contributed by atoms with Crippen molar-refractivity contribution in [3.63, 3.8) is 0 Å². The fraction of sp³-hybridized carbons (Fsp3) is 0.462. The molecule has 0 spiro atoms. The molecule has 0 radical (unpaired) electrons. The smallest absolute Gasteiger partial charge is 0.325 e. The molecule has 1 aromatic carbocycles. The lowest BCUT2D eigenvalue weighted by Crippen LogP contribution is -2.45. The van der Waals surface area contributed by atoms with Crippen molar-refractivity contribution in [1.82, 2.24) is 0 Å². The molecule has 1 rings (SSSR count). The van der Waals surface area contributed by atoms with Crippen molar-refractivity contribution in [2.75, 3.05) is 12.9 Å². The van der Waals surface area contributed by atoms with Crippen molar-refractivity contribution in [1.29, 1.82) is 0 Å². The van der Waals surface area contributed by atoms with Gasteiger partial charge in [-0.2, -0.15) is 0 Å². The van der Waals surface area contributed by atoms with E-state index in [1.54, 1.807) is 30.8 Å². The van der Waals surface area contributed by atoms with Crippen LogP contribution in [0.1, 0.15) is 19.8 Å². The van der Waals surface area contributed by atoms with Gasteiger partial charge in [-0.15, -0.1) is 11.8 Å². The van der Waals surface area contributed by atoms with E-state index in [1.807, 2.05) is 6.07 Å². The van der Waals surface area contributed by atoms with Gasteiger partial charge in [-0.3, -0.25) is 4.79 Å². The summed E-state index contributed by atoms with van der Waals surface area (Å²) in [4.78, 5) is 12.3. The van der Waals surface area contributed by atoms with Crippen LogP contribution in [0.5, 0.6) is 0 Å². The van der Waals surface area contributed by atoms with Crippen LogP contribution in [0.3, 0.4) is 0 Å². The summed E-state index contributed by atoms with van der Waals surface area (Å²) in [6.45, 7) is 1.68. The highest BCUT2D eigenvalue weighted by Crippen LogP contribution is 2.30. The maximum absolute atomic E-state index is 11.4. The minimum Gasteiger partial charge on any atom is -0.468 e. The first kappa shape index (κ1) is 16.6. The molecule has 2 N–H and O–H groups in total. The monoisotopic (exact) mass is 321 g/mol. The van der Waals surface area contributed by atoms with Gasteiger partial charge in [0.25, 0.3) is 0 Å². The molecule has 0 bridgehead atoms. The van der Waals surface area contributed by atoms with Crippen LogP contribution in [0.2, 0.25) is 10.0 Å². The summed E-state index contributed by atoms with van der Waals surface area (Å²) in [5.41, 5.74) is 4.94. The Balaban J connectivity index is 2.43. The van der Waals surface area contributed by atoms with Crippen LogP contribution in [0.4, 0.5) is 0 Å². The van der Waals surface area contributed by atoms with Gasteiger partial charge in [0, 0.05) is 9.92 Å². The number of methoxy groups -OCH3 is 1. The summed E-state index contributed by atoms with van der Waals surface area (Å²) in [5, 5.41) is 1.34. The molecular weight excluding hydrogens is 305 g/mol. The van der Waals surface area contributed by atoms with Gasteiger partial charge in [0.15, 0.2) is 0 Å². The number of hydrogen-bond donors (Lipinski definition) is 1. The van der Waals surface area contributed by atoms with Gasteiger partial charge in [0.1, 0.15) is 5.54 Å². The van der Waals surface area contributed by atoms with Crippen LogP contribution in [0, 0.1) is 0 Å². The SMILES string of the molecule is COC(=O)C(C)(N)CCCSc1cc(Cl)ccc1Cl. The molecule has 19 heavy (non-hydrogen) atoms. The van der Waals surface area contributed by atoms with Crippen LogP contribution in [-0.2, 0) is 9.53 Å². The van der Waals surface area contributed by atoms with E-state index in [-0.39, 0.29) is 0 Å². The zero-order chi connectivity index (χ0) is 14.5. The fourth-order valence-electron chi connectivity index (χ4n) is 1.54. The second-order valence-corrected chi connectivity index (χ2v) is 6.42. The van der Waals surface area contributed by atoms with Crippen LogP contribution in [0.15, 0.2) is 23.1 Å². The second kappa shape index (κ2) is 7.39. The quantitative estimate of drug-likeness (QED) is 0.492. The first-order valence-electron chi connectivity index (χ1n) is 5.82. The Labute approximate surface area is 127 Å². The summed E-state index contributed by atoms with van der Waals surface area (Å²) in [5.74, 6) is 0.419. The first-order valence-corrected chi connectivity index (χ1v) is 7.56. The van der Waals surface area contributed by atoms with E-state index in [2.05, 4.69) is 4.74 Å². The Bertz CT molecular complexity index is 452. The van der Waals surface area contributed by atoms with Gasteiger partial charge < -0.3 is 10.5 Å². The van der Waals surface area contributed by atoms with Gasteiger partial charge in [0.05, 0.1) is 12.1 Å². The van der Waals surface area contributed by atoms with Crippen LogP contribution in [-0.4, -0.2) is 24.4 Å². The molecule has 1 unspecified atom stereocenters. The highest BCUT2D eigenvalue weighted by Gasteiger charge is 2.28. The standard InChI is InChI=1S/C13H17Cl2NO2S/c1-13(16,12(17)18-2)6-3-7-19-11-8-9(14)4-5-10(11)15/h4-5,8H,3,6-7,16H2,1-2H3. The third kappa shape index (κ3) is 5.22. The molecule has 0 amide bonds. The average Bonchev–Trinajstić information content (AvgIpc) is 2.37. The summed E-state index contributed by atoms with van der Waals surface area (Å²) >= 11 is 13.6. The molecule has 0 saturated carbocycles. The normalized spacial score (nSPS) is 13.9. The molecule has 0 aliphatic rings. The predicted octanol–water partition coefficient (Wildman–Crippen LogP) is 3.76. The number of nitrogens with two attached hydrogens (primary N) is 1. The van der Waals surface area contributed by atoms with E-state index in [0.29, 0.717) is 16.5 Å². The van der Waals surface area contributed by atoms with E-state index in [0.717, 1.165) is 17.1 Å². The maximum Gasteiger partial charge on any atom is 0.325 e. The Hall–Kier alpha value is -0.420. The van der Waals surface area contributed by atoms with Crippen LogP contribution < -0.4 is 5.73 Å². The van der Waals surface area contributed by atoms with E-state index in [1.165, 1.54) is 7.11 Å². The molecule has 0 aliphatic heterocycles. The number of carbonyl (C=O) groups excluding carboxylic acids is 1. The predicted molar refractivity (Wildman–Crippen MR) is 81.0 cm³/mol. The number of esters is 1. The van der Waals surface area contributed by atoms with Gasteiger partial charge in [-0.1, -0.05) is 23.2 Å². The average molecular weight is 322 g/mol. The molecule has 6 heteroatoms.